The molecular formula is C14H20FNO2. The SMILES string of the molecule is CC(O)CCN(C)CC1Cc2cc(F)ccc2O1. The van der Waals surface area contributed by atoms with Crippen molar-refractivity contribution in [1.29, 1.82) is 0 Å². The number of fused-ring (bicyclic) bond motifs is 1. The maximum Gasteiger partial charge on any atom is 0.123 e. The molecular weight excluding hydrogens is 233 g/mol. The Balaban J connectivity index is 1.84. The van der Waals surface area contributed by atoms with Crippen LogP contribution in [0, 0.1) is 5.82 Å². The average Bonchev–Trinajstić information content (AvgIpc) is 2.67. The Morgan fingerprint density at radius 1 is 1.56 bits per heavy atom. The van der Waals surface area contributed by atoms with Crippen LogP contribution >= 0.6 is 0 Å². The van der Waals surface area contributed by atoms with Gasteiger partial charge in [0.15, 0.2) is 0 Å². The van der Waals surface area contributed by atoms with Crippen LogP contribution in [0.2, 0.25) is 0 Å². The molecule has 1 aliphatic heterocycles. The number of hydrogen-bond donors (Lipinski definition) is 1. The van der Waals surface area contributed by atoms with Crippen LogP contribution in [-0.4, -0.2) is 42.4 Å². The number of aliphatic hydroxyl groups excluding tert-OH is 1. The molecule has 0 aliphatic carbocycles. The van der Waals surface area contributed by atoms with Crippen molar-refractivity contribution in [2.24, 2.45) is 0 Å². The van der Waals surface area contributed by atoms with Crippen molar-refractivity contribution < 1.29 is 14.2 Å². The quantitative estimate of drug-likeness (QED) is 0.869. The van der Waals surface area contributed by atoms with Gasteiger partial charge in [-0.15, -0.1) is 0 Å². The van der Waals surface area contributed by atoms with Crippen molar-refractivity contribution in [2.45, 2.75) is 32.0 Å². The third-order valence-corrected chi connectivity index (χ3v) is 3.21. The summed E-state index contributed by atoms with van der Waals surface area (Å²) < 4.78 is 18.8. The maximum absolute atomic E-state index is 13.1. The summed E-state index contributed by atoms with van der Waals surface area (Å²) in [4.78, 5) is 2.14. The van der Waals surface area contributed by atoms with E-state index in [2.05, 4.69) is 4.90 Å². The average molecular weight is 253 g/mol. The van der Waals surface area contributed by atoms with E-state index in [0.29, 0.717) is 0 Å². The molecule has 0 fully saturated rings. The summed E-state index contributed by atoms with van der Waals surface area (Å²) >= 11 is 0. The van der Waals surface area contributed by atoms with Gasteiger partial charge in [0, 0.05) is 25.1 Å². The van der Waals surface area contributed by atoms with E-state index in [1.165, 1.54) is 6.07 Å². The Bertz CT molecular complexity index is 409. The van der Waals surface area contributed by atoms with Crippen LogP contribution in [0.4, 0.5) is 4.39 Å². The molecule has 2 atom stereocenters. The van der Waals surface area contributed by atoms with Crippen LogP contribution in [0.5, 0.6) is 5.75 Å². The van der Waals surface area contributed by atoms with Crippen LogP contribution in [-0.2, 0) is 6.42 Å². The zero-order valence-corrected chi connectivity index (χ0v) is 10.9. The molecule has 1 aromatic rings. The highest BCUT2D eigenvalue weighted by Gasteiger charge is 2.24. The summed E-state index contributed by atoms with van der Waals surface area (Å²) in [5.41, 5.74) is 0.948. The van der Waals surface area contributed by atoms with E-state index in [4.69, 9.17) is 4.74 Å². The van der Waals surface area contributed by atoms with E-state index in [9.17, 15) is 9.50 Å². The number of hydrogen-bond acceptors (Lipinski definition) is 3. The zero-order chi connectivity index (χ0) is 13.1. The van der Waals surface area contributed by atoms with Gasteiger partial charge in [0.05, 0.1) is 6.10 Å². The van der Waals surface area contributed by atoms with Gasteiger partial charge in [-0.1, -0.05) is 0 Å². The first kappa shape index (κ1) is 13.3. The molecule has 1 aromatic carbocycles. The molecule has 2 unspecified atom stereocenters. The van der Waals surface area contributed by atoms with Crippen LogP contribution in [0.3, 0.4) is 0 Å². The van der Waals surface area contributed by atoms with Crippen LogP contribution < -0.4 is 4.74 Å². The molecule has 1 N–H and O–H groups in total. The minimum absolute atomic E-state index is 0.0841. The van der Waals surface area contributed by atoms with Gasteiger partial charge in [-0.05, 0) is 38.6 Å². The van der Waals surface area contributed by atoms with Crippen molar-refractivity contribution in [3.05, 3.63) is 29.6 Å². The van der Waals surface area contributed by atoms with Crippen LogP contribution in [0.15, 0.2) is 18.2 Å². The molecule has 4 heteroatoms. The monoisotopic (exact) mass is 253 g/mol. The summed E-state index contributed by atoms with van der Waals surface area (Å²) in [5, 5.41) is 9.24. The Morgan fingerprint density at radius 2 is 2.33 bits per heavy atom. The first-order valence-electron chi connectivity index (χ1n) is 6.36. The van der Waals surface area contributed by atoms with Crippen molar-refractivity contribution in [1.82, 2.24) is 4.90 Å². The number of rotatable bonds is 5. The van der Waals surface area contributed by atoms with E-state index in [1.54, 1.807) is 19.1 Å². The van der Waals surface area contributed by atoms with Gasteiger partial charge in [-0.25, -0.2) is 4.39 Å². The lowest BCUT2D eigenvalue weighted by Crippen LogP contribution is -2.33. The second-order valence-corrected chi connectivity index (χ2v) is 5.10. The second-order valence-electron chi connectivity index (χ2n) is 5.10. The fraction of sp³-hybridized carbons (Fsp3) is 0.571. The fourth-order valence-electron chi connectivity index (χ4n) is 2.24. The Kier molecular flexibility index (Phi) is 4.19. The number of likely N-dealkylation sites (N-methyl/N-ethyl adjacent to an activating group) is 1. The normalized spacial score (nSPS) is 19.7. The van der Waals surface area contributed by atoms with Crippen LogP contribution in [0.25, 0.3) is 0 Å². The van der Waals surface area contributed by atoms with Gasteiger partial charge >= 0.3 is 0 Å². The molecule has 0 aromatic heterocycles. The van der Waals surface area contributed by atoms with E-state index in [0.717, 1.165) is 37.2 Å². The number of halogens is 1. The third-order valence-electron chi connectivity index (χ3n) is 3.21. The lowest BCUT2D eigenvalue weighted by atomic mass is 10.1. The standard InChI is InChI=1S/C14H20FNO2/c1-10(17)5-6-16(2)9-13-8-11-7-12(15)3-4-14(11)18-13/h3-4,7,10,13,17H,5-6,8-9H2,1-2H3. The van der Waals surface area contributed by atoms with Crippen molar-refractivity contribution in [3.8, 4) is 5.75 Å². The van der Waals surface area contributed by atoms with Crippen molar-refractivity contribution in [3.63, 3.8) is 0 Å². The topological polar surface area (TPSA) is 32.7 Å². The molecule has 1 heterocycles. The predicted molar refractivity (Wildman–Crippen MR) is 68.3 cm³/mol. The highest BCUT2D eigenvalue weighted by molar-refractivity contribution is 5.37. The minimum Gasteiger partial charge on any atom is -0.488 e. The predicted octanol–water partition coefficient (Wildman–Crippen LogP) is 1.83. The van der Waals surface area contributed by atoms with E-state index in [-0.39, 0.29) is 18.0 Å². The lowest BCUT2D eigenvalue weighted by Gasteiger charge is -2.21. The summed E-state index contributed by atoms with van der Waals surface area (Å²) in [6.07, 6.45) is 1.32. The molecule has 2 rings (SSSR count). The van der Waals surface area contributed by atoms with E-state index >= 15 is 0 Å². The molecule has 18 heavy (non-hydrogen) atoms. The van der Waals surface area contributed by atoms with Crippen LogP contribution in [0.1, 0.15) is 18.9 Å². The van der Waals surface area contributed by atoms with Gasteiger partial charge < -0.3 is 14.7 Å². The molecule has 0 radical (unpaired) electrons. The Hall–Kier alpha value is -1.13. The van der Waals surface area contributed by atoms with Gasteiger partial charge in [0.2, 0.25) is 0 Å². The van der Waals surface area contributed by atoms with Gasteiger partial charge in [0.1, 0.15) is 17.7 Å². The summed E-state index contributed by atoms with van der Waals surface area (Å²) in [6.45, 7) is 3.42. The molecule has 100 valence electrons. The fourth-order valence-corrected chi connectivity index (χ4v) is 2.24. The third kappa shape index (κ3) is 3.43. The summed E-state index contributed by atoms with van der Waals surface area (Å²) in [6, 6.07) is 4.67. The minimum atomic E-state index is -0.275. The number of ether oxygens (including phenoxy) is 1. The van der Waals surface area contributed by atoms with Crippen molar-refractivity contribution in [2.75, 3.05) is 20.1 Å². The molecule has 0 amide bonds. The Labute approximate surface area is 107 Å². The van der Waals surface area contributed by atoms with Gasteiger partial charge in [-0.3, -0.25) is 0 Å². The highest BCUT2D eigenvalue weighted by Crippen LogP contribution is 2.29. The summed E-state index contributed by atoms with van der Waals surface area (Å²) in [7, 11) is 2.01. The van der Waals surface area contributed by atoms with E-state index in [1.807, 2.05) is 7.05 Å². The smallest absolute Gasteiger partial charge is 0.123 e. The molecule has 3 nitrogen and oxygen atoms in total. The van der Waals surface area contributed by atoms with Crippen molar-refractivity contribution >= 4 is 0 Å². The first-order valence-corrected chi connectivity index (χ1v) is 6.36. The van der Waals surface area contributed by atoms with E-state index < -0.39 is 0 Å². The first-order chi connectivity index (χ1) is 8.54. The van der Waals surface area contributed by atoms with Gasteiger partial charge in [-0.2, -0.15) is 0 Å². The largest absolute Gasteiger partial charge is 0.488 e. The Morgan fingerprint density at radius 3 is 3.06 bits per heavy atom. The summed E-state index contributed by atoms with van der Waals surface area (Å²) in [5.74, 6) is 0.589. The molecule has 1 aliphatic rings. The maximum atomic E-state index is 13.1. The number of nitrogens with zero attached hydrogens (tertiary/aromatic N) is 1. The second kappa shape index (κ2) is 5.67. The number of benzene rings is 1. The van der Waals surface area contributed by atoms with Gasteiger partial charge in [0.25, 0.3) is 0 Å². The molecule has 0 bridgehead atoms. The zero-order valence-electron chi connectivity index (χ0n) is 10.9. The molecule has 0 spiro atoms. The number of aliphatic hydroxyl groups is 1. The highest BCUT2D eigenvalue weighted by atomic mass is 19.1. The molecule has 0 saturated carbocycles. The molecule has 0 saturated heterocycles. The lowest BCUT2D eigenvalue weighted by molar-refractivity contribution is 0.136.